The summed E-state index contributed by atoms with van der Waals surface area (Å²) in [4.78, 5) is 36.2. The molecule has 8 heteroatoms. The fourth-order valence-corrected chi connectivity index (χ4v) is 3.65. The molecule has 2 amide bonds. The molecular weight excluding hydrogens is 356 g/mol. The predicted octanol–water partition coefficient (Wildman–Crippen LogP) is 2.45. The summed E-state index contributed by atoms with van der Waals surface area (Å²) < 4.78 is 1.73. The monoisotopic (exact) mass is 384 g/mol. The van der Waals surface area contributed by atoms with Crippen molar-refractivity contribution >= 4 is 17.6 Å². The number of rotatable bonds is 4. The van der Waals surface area contributed by atoms with Crippen molar-refractivity contribution in [2.45, 2.75) is 52.0 Å². The third kappa shape index (κ3) is 3.90. The van der Waals surface area contributed by atoms with E-state index in [2.05, 4.69) is 20.4 Å². The van der Waals surface area contributed by atoms with Crippen LogP contribution in [0.2, 0.25) is 0 Å². The maximum atomic E-state index is 13.2. The molecule has 28 heavy (non-hydrogen) atoms. The van der Waals surface area contributed by atoms with Crippen LogP contribution in [0.4, 0.5) is 5.82 Å². The lowest BCUT2D eigenvalue weighted by Gasteiger charge is -2.39. The Kier molecular flexibility index (Phi) is 5.49. The second kappa shape index (κ2) is 7.69. The first-order valence-electron chi connectivity index (χ1n) is 9.64. The van der Waals surface area contributed by atoms with Gasteiger partial charge in [-0.3, -0.25) is 14.3 Å². The van der Waals surface area contributed by atoms with Gasteiger partial charge in [-0.15, -0.1) is 0 Å². The van der Waals surface area contributed by atoms with E-state index in [1.807, 2.05) is 40.8 Å². The Morgan fingerprint density at radius 2 is 2.04 bits per heavy atom. The number of aryl methyl sites for hydroxylation is 1. The fraction of sp³-hybridized carbons (Fsp3) is 0.550. The zero-order valence-corrected chi connectivity index (χ0v) is 17.1. The summed E-state index contributed by atoms with van der Waals surface area (Å²) >= 11 is 0. The lowest BCUT2D eigenvalue weighted by atomic mass is 9.85. The maximum absolute atomic E-state index is 13.2. The average Bonchev–Trinajstić information content (AvgIpc) is 3.06. The second-order valence-electron chi connectivity index (χ2n) is 8.15. The molecule has 1 N–H and O–H groups in total. The molecule has 0 aromatic carbocycles. The van der Waals surface area contributed by atoms with E-state index in [-0.39, 0.29) is 29.2 Å². The normalized spacial score (nSPS) is 20.3. The number of likely N-dealkylation sites (tertiary alicyclic amines) is 1. The molecule has 0 radical (unpaired) electrons. The molecule has 8 nitrogen and oxygen atoms in total. The Morgan fingerprint density at radius 3 is 2.64 bits per heavy atom. The van der Waals surface area contributed by atoms with Crippen molar-refractivity contribution in [3.63, 3.8) is 0 Å². The van der Waals surface area contributed by atoms with Gasteiger partial charge in [0.15, 0.2) is 0 Å². The number of aromatic nitrogens is 4. The summed E-state index contributed by atoms with van der Waals surface area (Å²) in [5.41, 5.74) is 0.641. The minimum atomic E-state index is -0.374. The lowest BCUT2D eigenvalue weighted by Crippen LogP contribution is -2.47. The highest BCUT2D eigenvalue weighted by atomic mass is 16.2. The average molecular weight is 384 g/mol. The number of piperidine rings is 1. The molecule has 3 heterocycles. The number of nitrogens with one attached hydrogen (secondary N) is 1. The van der Waals surface area contributed by atoms with Gasteiger partial charge in [0, 0.05) is 37.8 Å². The van der Waals surface area contributed by atoms with Crippen LogP contribution in [0.15, 0.2) is 24.5 Å². The van der Waals surface area contributed by atoms with Crippen molar-refractivity contribution in [1.82, 2.24) is 24.6 Å². The molecule has 2 aromatic rings. The highest BCUT2D eigenvalue weighted by Crippen LogP contribution is 2.37. The summed E-state index contributed by atoms with van der Waals surface area (Å²) in [5, 5.41) is 7.17. The third-order valence-electron chi connectivity index (χ3n) is 5.12. The molecule has 150 valence electrons. The van der Waals surface area contributed by atoms with Gasteiger partial charge in [-0.25, -0.2) is 9.97 Å². The molecule has 1 aliphatic heterocycles. The van der Waals surface area contributed by atoms with Crippen molar-refractivity contribution in [3.05, 3.63) is 36.0 Å². The molecular formula is C20H28N6O2. The van der Waals surface area contributed by atoms with Crippen LogP contribution in [0.5, 0.6) is 0 Å². The second-order valence-corrected chi connectivity index (χ2v) is 8.15. The molecule has 0 aliphatic carbocycles. The minimum Gasteiger partial charge on any atom is -0.334 e. The molecule has 0 spiro atoms. The molecule has 1 aliphatic rings. The van der Waals surface area contributed by atoms with Gasteiger partial charge in [-0.05, 0) is 25.5 Å². The van der Waals surface area contributed by atoms with E-state index in [4.69, 9.17) is 0 Å². The van der Waals surface area contributed by atoms with Crippen LogP contribution in [0.25, 0.3) is 0 Å². The Balaban J connectivity index is 1.89. The lowest BCUT2D eigenvalue weighted by molar-refractivity contribution is -0.142. The first-order chi connectivity index (χ1) is 13.2. The van der Waals surface area contributed by atoms with Gasteiger partial charge in [-0.1, -0.05) is 20.8 Å². The van der Waals surface area contributed by atoms with Gasteiger partial charge >= 0.3 is 0 Å². The zero-order valence-electron chi connectivity index (χ0n) is 17.1. The third-order valence-corrected chi connectivity index (χ3v) is 5.12. The van der Waals surface area contributed by atoms with Crippen LogP contribution in [0.3, 0.4) is 0 Å². The van der Waals surface area contributed by atoms with E-state index in [0.717, 1.165) is 5.69 Å². The van der Waals surface area contributed by atoms with E-state index >= 15 is 0 Å². The molecule has 3 rings (SSSR count). The first-order valence-corrected chi connectivity index (χ1v) is 9.64. The Labute approximate surface area is 165 Å². The fourth-order valence-electron chi connectivity index (χ4n) is 3.65. The van der Waals surface area contributed by atoms with Gasteiger partial charge in [0.25, 0.3) is 0 Å². The topological polar surface area (TPSA) is 93.0 Å². The number of anilines is 1. The molecule has 1 saturated heterocycles. The number of carbonyl (C=O) groups excluding carboxylic acids is 2. The number of carbonyl (C=O) groups is 2. The Morgan fingerprint density at radius 1 is 1.29 bits per heavy atom. The summed E-state index contributed by atoms with van der Waals surface area (Å²) in [5.74, 6) is 0.697. The maximum Gasteiger partial charge on any atom is 0.231 e. The van der Waals surface area contributed by atoms with Gasteiger partial charge < -0.3 is 10.2 Å². The van der Waals surface area contributed by atoms with Gasteiger partial charge in [0.1, 0.15) is 11.6 Å². The molecule has 0 unspecified atom stereocenters. The molecule has 0 saturated carbocycles. The quantitative estimate of drug-likeness (QED) is 0.874. The standard InChI is InChI=1S/C20H28N6O2/c1-6-26-16(27)8-7-13(17(26)14-9-12-22-25(14)5)18(28)23-15-10-11-21-19(24-15)20(2,3)4/h9-13,17H,6-8H2,1-5H3,(H,21,23,24,28)/t13-,17-/m0/s1. The van der Waals surface area contributed by atoms with E-state index in [9.17, 15) is 9.59 Å². The van der Waals surface area contributed by atoms with Crippen molar-refractivity contribution < 1.29 is 9.59 Å². The van der Waals surface area contributed by atoms with E-state index < -0.39 is 0 Å². The van der Waals surface area contributed by atoms with Crippen molar-refractivity contribution in [3.8, 4) is 0 Å². The van der Waals surface area contributed by atoms with Crippen LogP contribution in [0.1, 0.15) is 58.1 Å². The zero-order chi connectivity index (χ0) is 20.5. The van der Waals surface area contributed by atoms with Gasteiger partial charge in [-0.2, -0.15) is 5.10 Å². The SMILES string of the molecule is CCN1C(=O)CC[C@H](C(=O)Nc2ccnc(C(C)(C)C)n2)[C@H]1c1ccnn1C. The van der Waals surface area contributed by atoms with Gasteiger partial charge in [0.05, 0.1) is 17.7 Å². The molecule has 1 fully saturated rings. The number of hydrogen-bond acceptors (Lipinski definition) is 5. The van der Waals surface area contributed by atoms with Crippen molar-refractivity contribution in [1.29, 1.82) is 0 Å². The van der Waals surface area contributed by atoms with Crippen LogP contribution in [-0.4, -0.2) is 43.0 Å². The van der Waals surface area contributed by atoms with Crippen LogP contribution in [0, 0.1) is 5.92 Å². The smallest absolute Gasteiger partial charge is 0.231 e. The Hall–Kier alpha value is -2.77. The van der Waals surface area contributed by atoms with Gasteiger partial charge in [0.2, 0.25) is 11.8 Å². The van der Waals surface area contributed by atoms with Crippen molar-refractivity contribution in [2.24, 2.45) is 13.0 Å². The predicted molar refractivity (Wildman–Crippen MR) is 105 cm³/mol. The van der Waals surface area contributed by atoms with E-state index in [0.29, 0.717) is 31.0 Å². The largest absolute Gasteiger partial charge is 0.334 e. The first kappa shape index (κ1) is 20.0. The van der Waals surface area contributed by atoms with Crippen molar-refractivity contribution in [2.75, 3.05) is 11.9 Å². The highest BCUT2D eigenvalue weighted by Gasteiger charge is 2.41. The summed E-state index contributed by atoms with van der Waals surface area (Å²) in [6.45, 7) is 8.55. The number of hydrogen-bond donors (Lipinski definition) is 1. The number of nitrogens with zero attached hydrogens (tertiary/aromatic N) is 5. The van der Waals surface area contributed by atoms with Crippen LogP contribution < -0.4 is 5.32 Å². The van der Waals surface area contributed by atoms with Crippen LogP contribution >= 0.6 is 0 Å². The van der Waals surface area contributed by atoms with E-state index in [1.54, 1.807) is 28.0 Å². The summed E-state index contributed by atoms with van der Waals surface area (Å²) in [6.07, 6.45) is 4.20. The molecule has 2 aromatic heterocycles. The van der Waals surface area contributed by atoms with Crippen LogP contribution in [-0.2, 0) is 22.1 Å². The highest BCUT2D eigenvalue weighted by molar-refractivity contribution is 5.94. The van der Waals surface area contributed by atoms with E-state index in [1.165, 1.54) is 0 Å². The minimum absolute atomic E-state index is 0.0646. The number of amides is 2. The summed E-state index contributed by atoms with van der Waals surface area (Å²) in [7, 11) is 1.83. The summed E-state index contributed by atoms with van der Waals surface area (Å²) in [6, 6.07) is 3.22. The molecule has 0 bridgehead atoms. The molecule has 2 atom stereocenters. The Bertz CT molecular complexity index is 870.